The highest BCUT2D eigenvalue weighted by atomic mass is 16.5. The van der Waals surface area contributed by atoms with Crippen LogP contribution in [0.1, 0.15) is 0 Å². The number of hydrogen-bond donors (Lipinski definition) is 0. The van der Waals surface area contributed by atoms with Gasteiger partial charge in [-0.05, 0) is 65.7 Å². The monoisotopic (exact) mass is 498 g/mol. The molecule has 3 nitrogen and oxygen atoms in total. The molecule has 6 aromatic carbocycles. The summed E-state index contributed by atoms with van der Waals surface area (Å²) in [5.41, 5.74) is 9.36. The lowest BCUT2D eigenvalue weighted by Crippen LogP contribution is -2.03. The average Bonchev–Trinajstić information content (AvgIpc) is 3.52. The summed E-state index contributed by atoms with van der Waals surface area (Å²) in [4.78, 5) is 0. The van der Waals surface area contributed by atoms with E-state index >= 15 is 0 Å². The van der Waals surface area contributed by atoms with E-state index in [1.165, 1.54) is 49.2 Å². The van der Waals surface area contributed by atoms with Crippen LogP contribution in [-0.2, 0) is 0 Å². The molecule has 0 fully saturated rings. The van der Waals surface area contributed by atoms with Gasteiger partial charge < -0.3 is 13.9 Å². The molecule has 182 valence electrons. The maximum atomic E-state index is 6.42. The predicted octanol–water partition coefficient (Wildman–Crippen LogP) is 9.65. The first-order chi connectivity index (χ1) is 19.4. The largest absolute Gasteiger partial charge is 0.453 e. The summed E-state index contributed by atoms with van der Waals surface area (Å²) < 4.78 is 11.2. The summed E-state index contributed by atoms with van der Waals surface area (Å²) in [5.74, 6) is 1.77. The van der Waals surface area contributed by atoms with Crippen LogP contribution in [0.2, 0.25) is 0 Å². The highest BCUT2D eigenvalue weighted by Gasteiger charge is 2.25. The van der Waals surface area contributed by atoms with Gasteiger partial charge in [0.15, 0.2) is 11.5 Å². The Labute approximate surface area is 224 Å². The molecule has 39 heavy (non-hydrogen) atoms. The van der Waals surface area contributed by atoms with Gasteiger partial charge in [-0.1, -0.05) is 78.9 Å². The summed E-state index contributed by atoms with van der Waals surface area (Å²) in [5, 5.41) is 4.99. The van der Waals surface area contributed by atoms with Crippen molar-refractivity contribution in [3.8, 4) is 34.0 Å². The lowest BCUT2D eigenvalue weighted by Gasteiger charge is -2.21. The highest BCUT2D eigenvalue weighted by Crippen LogP contribution is 2.48. The fourth-order valence-electron chi connectivity index (χ4n) is 6.50. The van der Waals surface area contributed by atoms with Gasteiger partial charge in [-0.15, -0.1) is 0 Å². The van der Waals surface area contributed by atoms with Gasteiger partial charge in [-0.2, -0.15) is 0 Å². The number of para-hydroxylation sites is 5. The Hall–Kier alpha value is -5.28. The Kier molecular flexibility index (Phi) is 4.05. The zero-order valence-corrected chi connectivity index (χ0v) is 21.0. The van der Waals surface area contributed by atoms with Crippen LogP contribution in [0.15, 0.2) is 133 Å². The molecule has 0 bridgehead atoms. The predicted molar refractivity (Wildman–Crippen MR) is 161 cm³/mol. The smallest absolute Gasteiger partial charge is 0.152 e. The Balaban J connectivity index is 1.35. The Bertz CT molecular complexity index is 2210. The van der Waals surface area contributed by atoms with Crippen LogP contribution >= 0.6 is 0 Å². The van der Waals surface area contributed by atoms with Crippen molar-refractivity contribution in [1.29, 1.82) is 0 Å². The van der Waals surface area contributed by atoms with Crippen molar-refractivity contribution in [2.75, 3.05) is 0 Å². The summed E-state index contributed by atoms with van der Waals surface area (Å²) in [6, 6.07) is 47.6. The van der Waals surface area contributed by atoms with Gasteiger partial charge in [0.25, 0.3) is 0 Å². The van der Waals surface area contributed by atoms with Gasteiger partial charge in [-0.25, -0.2) is 0 Å². The zero-order valence-electron chi connectivity index (χ0n) is 21.0. The van der Waals surface area contributed by atoms with Crippen LogP contribution in [0.25, 0.3) is 66.1 Å². The number of nitrogens with zero attached hydrogens (tertiary/aromatic N) is 2. The molecule has 0 radical (unpaired) electrons. The zero-order chi connectivity index (χ0) is 25.5. The van der Waals surface area contributed by atoms with Crippen LogP contribution in [0.4, 0.5) is 0 Å². The van der Waals surface area contributed by atoms with Gasteiger partial charge in [0, 0.05) is 27.2 Å². The molecule has 2 aromatic heterocycles. The average molecular weight is 499 g/mol. The molecule has 9 rings (SSSR count). The third-order valence-electron chi connectivity index (χ3n) is 8.10. The Morgan fingerprint density at radius 2 is 1.10 bits per heavy atom. The maximum absolute atomic E-state index is 6.42. The second-order valence-electron chi connectivity index (χ2n) is 10.2. The van der Waals surface area contributed by atoms with Crippen LogP contribution in [0.3, 0.4) is 0 Å². The fraction of sp³-hybridized carbons (Fsp3) is 0. The third kappa shape index (κ3) is 2.76. The van der Waals surface area contributed by atoms with Gasteiger partial charge in [0.05, 0.1) is 27.8 Å². The van der Waals surface area contributed by atoms with Crippen molar-refractivity contribution < 1.29 is 4.74 Å². The van der Waals surface area contributed by atoms with Crippen molar-refractivity contribution in [3.63, 3.8) is 0 Å². The van der Waals surface area contributed by atoms with Crippen molar-refractivity contribution in [3.05, 3.63) is 133 Å². The number of rotatable bonds is 2. The second kappa shape index (κ2) is 7.62. The van der Waals surface area contributed by atoms with Crippen molar-refractivity contribution in [2.45, 2.75) is 0 Å². The van der Waals surface area contributed by atoms with E-state index in [0.29, 0.717) is 0 Å². The normalized spacial score (nSPS) is 12.3. The van der Waals surface area contributed by atoms with Gasteiger partial charge in [-0.3, -0.25) is 0 Å². The Morgan fingerprint density at radius 3 is 1.87 bits per heavy atom. The summed E-state index contributed by atoms with van der Waals surface area (Å²) in [6.45, 7) is 0. The molecule has 3 heteroatoms. The molecule has 3 heterocycles. The van der Waals surface area contributed by atoms with Crippen LogP contribution in [0.5, 0.6) is 11.5 Å². The van der Waals surface area contributed by atoms with Crippen molar-refractivity contribution in [2.24, 2.45) is 0 Å². The van der Waals surface area contributed by atoms with Crippen molar-refractivity contribution >= 4 is 43.6 Å². The molecule has 0 amide bonds. The first kappa shape index (κ1) is 20.7. The molecule has 8 aromatic rings. The third-order valence-corrected chi connectivity index (χ3v) is 8.10. The Morgan fingerprint density at radius 1 is 0.462 bits per heavy atom. The number of ether oxygens (including phenoxy) is 1. The van der Waals surface area contributed by atoms with E-state index < -0.39 is 0 Å². The van der Waals surface area contributed by atoms with E-state index in [-0.39, 0.29) is 0 Å². The molecule has 0 unspecified atom stereocenters. The minimum absolute atomic E-state index is 0.883. The SMILES string of the molecule is c1cc(-c2ccc3c4c2c2ccccc2n4-c2ccccc2O3)cc(-n2c3ccccc3c3ccccc32)c1. The topological polar surface area (TPSA) is 19.1 Å². The summed E-state index contributed by atoms with van der Waals surface area (Å²) >= 11 is 0. The first-order valence-corrected chi connectivity index (χ1v) is 13.3. The van der Waals surface area contributed by atoms with Gasteiger partial charge in [0.2, 0.25) is 0 Å². The number of benzene rings is 6. The molecule has 0 aliphatic carbocycles. The number of fused-ring (bicyclic) bond motifs is 8. The van der Waals surface area contributed by atoms with Crippen molar-refractivity contribution in [1.82, 2.24) is 9.13 Å². The molecule has 1 aliphatic rings. The number of hydrogen-bond acceptors (Lipinski definition) is 1. The van der Waals surface area contributed by atoms with E-state index in [1.807, 2.05) is 12.1 Å². The fourth-order valence-corrected chi connectivity index (χ4v) is 6.50. The minimum Gasteiger partial charge on any atom is -0.453 e. The molecule has 0 spiro atoms. The molecule has 0 atom stereocenters. The molecular weight excluding hydrogens is 476 g/mol. The molecule has 0 saturated carbocycles. The van der Waals surface area contributed by atoms with Gasteiger partial charge in [0.1, 0.15) is 0 Å². The van der Waals surface area contributed by atoms with Crippen LogP contribution in [0, 0.1) is 0 Å². The van der Waals surface area contributed by atoms with Crippen LogP contribution in [-0.4, -0.2) is 9.13 Å². The molecule has 0 saturated heterocycles. The van der Waals surface area contributed by atoms with E-state index in [1.54, 1.807) is 0 Å². The minimum atomic E-state index is 0.883. The molecular formula is C36H22N2O. The number of aromatic nitrogens is 2. The quantitative estimate of drug-likeness (QED) is 0.232. The molecule has 0 N–H and O–H groups in total. The van der Waals surface area contributed by atoms with E-state index in [4.69, 9.17) is 4.74 Å². The lowest BCUT2D eigenvalue weighted by molar-refractivity contribution is 0.476. The van der Waals surface area contributed by atoms with Gasteiger partial charge >= 0.3 is 0 Å². The summed E-state index contributed by atoms with van der Waals surface area (Å²) in [6.07, 6.45) is 0. The standard InChI is InChI=1S/C36H22N2O/c1-4-15-29-26(12-1)27-13-2-5-16-30(27)37(29)24-11-9-10-23(22-24)25-20-21-34-36-35(25)28-14-3-6-17-31(28)38(36)32-18-7-8-19-33(32)39-34/h1-22H. The first-order valence-electron chi connectivity index (χ1n) is 13.3. The lowest BCUT2D eigenvalue weighted by atomic mass is 9.98. The molecule has 1 aliphatic heterocycles. The second-order valence-corrected chi connectivity index (χ2v) is 10.2. The highest BCUT2D eigenvalue weighted by molar-refractivity contribution is 6.18. The summed E-state index contributed by atoms with van der Waals surface area (Å²) in [7, 11) is 0. The van der Waals surface area contributed by atoms with E-state index in [2.05, 4.69) is 130 Å². The van der Waals surface area contributed by atoms with Crippen LogP contribution < -0.4 is 4.74 Å². The van der Waals surface area contributed by atoms with E-state index in [9.17, 15) is 0 Å². The maximum Gasteiger partial charge on any atom is 0.152 e. The van der Waals surface area contributed by atoms with E-state index in [0.717, 1.165) is 28.4 Å².